The van der Waals surface area contributed by atoms with Crippen LogP contribution in [0.5, 0.6) is 0 Å². The van der Waals surface area contributed by atoms with Gasteiger partial charge in [0.05, 0.1) is 6.61 Å². The van der Waals surface area contributed by atoms with Gasteiger partial charge in [0.25, 0.3) is 0 Å². The van der Waals surface area contributed by atoms with Crippen LogP contribution in [0.2, 0.25) is 0 Å². The molecule has 1 rings (SSSR count). The lowest BCUT2D eigenvalue weighted by Gasteiger charge is -2.32. The zero-order valence-corrected chi connectivity index (χ0v) is 10.8. The first kappa shape index (κ1) is 13.9. The molecular weight excluding hydrogens is 200 g/mol. The maximum atomic E-state index is 5.62. The Bertz CT molecular complexity index is 162. The van der Waals surface area contributed by atoms with Crippen molar-refractivity contribution in [3.05, 3.63) is 0 Å². The number of hydrogen-bond donors (Lipinski definition) is 1. The average Bonchev–Trinajstić information content (AvgIpc) is 2.30. The third kappa shape index (κ3) is 5.83. The Morgan fingerprint density at radius 3 is 3.00 bits per heavy atom. The molecule has 3 heteroatoms. The van der Waals surface area contributed by atoms with E-state index in [9.17, 15) is 0 Å². The van der Waals surface area contributed by atoms with Crippen molar-refractivity contribution in [2.45, 2.75) is 39.0 Å². The largest absolute Gasteiger partial charge is 0.380 e. The van der Waals surface area contributed by atoms with E-state index in [-0.39, 0.29) is 0 Å². The second kappa shape index (κ2) is 8.97. The van der Waals surface area contributed by atoms with E-state index in [1.165, 1.54) is 45.2 Å². The van der Waals surface area contributed by atoms with Gasteiger partial charge in [0.15, 0.2) is 0 Å². The molecule has 3 nitrogen and oxygen atoms in total. The van der Waals surface area contributed by atoms with Crippen LogP contribution in [0.15, 0.2) is 0 Å². The van der Waals surface area contributed by atoms with Gasteiger partial charge >= 0.3 is 0 Å². The lowest BCUT2D eigenvalue weighted by Crippen LogP contribution is -2.38. The lowest BCUT2D eigenvalue weighted by atomic mass is 9.95. The molecule has 1 aliphatic heterocycles. The predicted molar refractivity (Wildman–Crippen MR) is 68.6 cm³/mol. The van der Waals surface area contributed by atoms with Gasteiger partial charge < -0.3 is 15.4 Å². The molecule has 0 saturated carbocycles. The first-order valence-electron chi connectivity index (χ1n) is 6.87. The van der Waals surface area contributed by atoms with E-state index >= 15 is 0 Å². The van der Waals surface area contributed by atoms with Crippen LogP contribution >= 0.6 is 0 Å². The first-order valence-corrected chi connectivity index (χ1v) is 6.87. The Kier molecular flexibility index (Phi) is 7.81. The number of piperidine rings is 1. The third-order valence-electron chi connectivity index (χ3n) is 3.37. The van der Waals surface area contributed by atoms with E-state index in [1.54, 1.807) is 0 Å². The molecule has 1 saturated heterocycles. The molecule has 0 aromatic heterocycles. The fourth-order valence-corrected chi connectivity index (χ4v) is 2.37. The van der Waals surface area contributed by atoms with E-state index < -0.39 is 0 Å². The summed E-state index contributed by atoms with van der Waals surface area (Å²) in [7, 11) is 0. The van der Waals surface area contributed by atoms with Crippen LogP contribution in [0.4, 0.5) is 0 Å². The van der Waals surface area contributed by atoms with Crippen LogP contribution in [0, 0.1) is 5.92 Å². The van der Waals surface area contributed by atoms with Gasteiger partial charge in [-0.15, -0.1) is 0 Å². The SMILES string of the molecule is CCCCOCCN1CCCC(CCN)C1. The first-order chi connectivity index (χ1) is 7.86. The second-order valence-corrected chi connectivity index (χ2v) is 4.85. The van der Waals surface area contributed by atoms with Gasteiger partial charge in [-0.05, 0) is 44.7 Å². The quantitative estimate of drug-likeness (QED) is 0.645. The minimum absolute atomic E-state index is 0.828. The molecule has 0 bridgehead atoms. The highest BCUT2D eigenvalue weighted by molar-refractivity contribution is 4.73. The van der Waals surface area contributed by atoms with Crippen LogP contribution in [-0.2, 0) is 4.74 Å². The van der Waals surface area contributed by atoms with Gasteiger partial charge in [0, 0.05) is 19.7 Å². The van der Waals surface area contributed by atoms with Gasteiger partial charge in [0.2, 0.25) is 0 Å². The highest BCUT2D eigenvalue weighted by Gasteiger charge is 2.18. The number of rotatable bonds is 8. The zero-order chi connectivity index (χ0) is 11.6. The minimum atomic E-state index is 0.828. The summed E-state index contributed by atoms with van der Waals surface area (Å²) < 4.78 is 5.61. The smallest absolute Gasteiger partial charge is 0.0593 e. The molecular formula is C13H28N2O. The summed E-state index contributed by atoms with van der Waals surface area (Å²) in [5, 5.41) is 0. The average molecular weight is 228 g/mol. The third-order valence-corrected chi connectivity index (χ3v) is 3.37. The van der Waals surface area contributed by atoms with Crippen LogP contribution in [0.3, 0.4) is 0 Å². The molecule has 0 aromatic carbocycles. The minimum Gasteiger partial charge on any atom is -0.380 e. The molecule has 16 heavy (non-hydrogen) atoms. The predicted octanol–water partition coefficient (Wildman–Crippen LogP) is 1.86. The summed E-state index contributed by atoms with van der Waals surface area (Å²) in [4.78, 5) is 2.54. The van der Waals surface area contributed by atoms with Gasteiger partial charge in [-0.2, -0.15) is 0 Å². The molecule has 1 aliphatic rings. The maximum Gasteiger partial charge on any atom is 0.0593 e. The van der Waals surface area contributed by atoms with E-state index in [0.29, 0.717) is 0 Å². The second-order valence-electron chi connectivity index (χ2n) is 4.85. The molecule has 1 heterocycles. The summed E-state index contributed by atoms with van der Waals surface area (Å²) in [5.41, 5.74) is 5.62. The molecule has 96 valence electrons. The van der Waals surface area contributed by atoms with Crippen LogP contribution in [-0.4, -0.2) is 44.3 Å². The Balaban J connectivity index is 2.02. The number of unbranched alkanes of at least 4 members (excludes halogenated alkanes) is 1. The molecule has 0 amide bonds. The number of nitrogens with zero attached hydrogens (tertiary/aromatic N) is 1. The van der Waals surface area contributed by atoms with Crippen molar-refractivity contribution in [1.82, 2.24) is 4.90 Å². The Labute approximate surface area is 100 Å². The molecule has 2 N–H and O–H groups in total. The van der Waals surface area contributed by atoms with Gasteiger partial charge in [-0.25, -0.2) is 0 Å². The highest BCUT2D eigenvalue weighted by Crippen LogP contribution is 2.18. The van der Waals surface area contributed by atoms with Crippen molar-refractivity contribution in [2.24, 2.45) is 11.7 Å². The fourth-order valence-electron chi connectivity index (χ4n) is 2.37. The summed E-state index contributed by atoms with van der Waals surface area (Å²) in [6.07, 6.45) is 6.30. The standard InChI is InChI=1S/C13H28N2O/c1-2-3-10-16-11-9-15-8-4-5-13(12-15)6-7-14/h13H,2-12,14H2,1H3. The van der Waals surface area contributed by atoms with Crippen molar-refractivity contribution in [3.63, 3.8) is 0 Å². The Hall–Kier alpha value is -0.120. The molecule has 0 spiro atoms. The summed E-state index contributed by atoms with van der Waals surface area (Å²) >= 11 is 0. The van der Waals surface area contributed by atoms with E-state index in [1.807, 2.05) is 0 Å². The van der Waals surface area contributed by atoms with Gasteiger partial charge in [-0.3, -0.25) is 0 Å². The van der Waals surface area contributed by atoms with Crippen molar-refractivity contribution >= 4 is 0 Å². The lowest BCUT2D eigenvalue weighted by molar-refractivity contribution is 0.0825. The molecule has 1 unspecified atom stereocenters. The van der Waals surface area contributed by atoms with Crippen molar-refractivity contribution in [3.8, 4) is 0 Å². The Morgan fingerprint density at radius 2 is 2.25 bits per heavy atom. The molecule has 1 fully saturated rings. The topological polar surface area (TPSA) is 38.5 Å². The van der Waals surface area contributed by atoms with Crippen LogP contribution in [0.25, 0.3) is 0 Å². The zero-order valence-electron chi connectivity index (χ0n) is 10.8. The summed E-state index contributed by atoms with van der Waals surface area (Å²) in [6.45, 7) is 8.44. The summed E-state index contributed by atoms with van der Waals surface area (Å²) in [5.74, 6) is 0.828. The van der Waals surface area contributed by atoms with Crippen LogP contribution in [0.1, 0.15) is 39.0 Å². The van der Waals surface area contributed by atoms with E-state index in [4.69, 9.17) is 10.5 Å². The maximum absolute atomic E-state index is 5.62. The van der Waals surface area contributed by atoms with Crippen molar-refractivity contribution in [1.29, 1.82) is 0 Å². The molecule has 0 aliphatic carbocycles. The monoisotopic (exact) mass is 228 g/mol. The number of nitrogens with two attached hydrogens (primary N) is 1. The van der Waals surface area contributed by atoms with Crippen LogP contribution < -0.4 is 5.73 Å². The molecule has 0 aromatic rings. The van der Waals surface area contributed by atoms with Crippen molar-refractivity contribution in [2.75, 3.05) is 39.4 Å². The van der Waals surface area contributed by atoms with Gasteiger partial charge in [-0.1, -0.05) is 13.3 Å². The number of ether oxygens (including phenoxy) is 1. The van der Waals surface area contributed by atoms with Gasteiger partial charge in [0.1, 0.15) is 0 Å². The highest BCUT2D eigenvalue weighted by atomic mass is 16.5. The number of likely N-dealkylation sites (tertiary alicyclic amines) is 1. The number of hydrogen-bond acceptors (Lipinski definition) is 3. The normalized spacial score (nSPS) is 22.5. The molecule has 0 radical (unpaired) electrons. The summed E-state index contributed by atoms with van der Waals surface area (Å²) in [6, 6.07) is 0. The van der Waals surface area contributed by atoms with E-state index in [2.05, 4.69) is 11.8 Å². The molecule has 1 atom stereocenters. The fraction of sp³-hybridized carbons (Fsp3) is 1.00. The van der Waals surface area contributed by atoms with Crippen molar-refractivity contribution < 1.29 is 4.74 Å². The Morgan fingerprint density at radius 1 is 1.38 bits per heavy atom. The van der Waals surface area contributed by atoms with E-state index in [0.717, 1.165) is 32.2 Å².